The lowest BCUT2D eigenvalue weighted by atomic mass is 9.96. The Morgan fingerprint density at radius 2 is 1.64 bits per heavy atom. The molecular formula is C30H24F2N4O3. The number of halogens is 2. The van der Waals surface area contributed by atoms with Gasteiger partial charge in [-0.15, -0.1) is 0 Å². The molecule has 0 radical (unpaired) electrons. The number of hydrazone groups is 1. The van der Waals surface area contributed by atoms with E-state index >= 15 is 0 Å². The Balaban J connectivity index is 1.67. The molecule has 39 heavy (non-hydrogen) atoms. The number of carbonyl (C=O) groups is 2. The SMILES string of the molecule is CN(Cc1ccc(/C(=N/N)C(=N)c2ccccc2)cc1C=O)c1cc(-c2ccc(F)c(F)c2)ccc1C(=O)O. The van der Waals surface area contributed by atoms with E-state index in [0.717, 1.165) is 12.1 Å². The molecule has 0 aliphatic heterocycles. The van der Waals surface area contributed by atoms with Gasteiger partial charge >= 0.3 is 5.97 Å². The van der Waals surface area contributed by atoms with Crippen LogP contribution in [0.3, 0.4) is 0 Å². The number of nitrogens with two attached hydrogens (primary N) is 1. The number of nitrogens with one attached hydrogen (secondary N) is 1. The maximum absolute atomic E-state index is 13.8. The van der Waals surface area contributed by atoms with Crippen LogP contribution in [0.15, 0.2) is 90.0 Å². The summed E-state index contributed by atoms with van der Waals surface area (Å²) < 4.78 is 27.2. The summed E-state index contributed by atoms with van der Waals surface area (Å²) in [7, 11) is 1.66. The van der Waals surface area contributed by atoms with Crippen LogP contribution in [0.2, 0.25) is 0 Å². The number of aldehydes is 1. The predicted octanol–water partition coefficient (Wildman–Crippen LogP) is 5.51. The summed E-state index contributed by atoms with van der Waals surface area (Å²) in [4.78, 5) is 25.6. The minimum absolute atomic E-state index is 0.00182. The van der Waals surface area contributed by atoms with Crippen LogP contribution in [0, 0.1) is 17.0 Å². The van der Waals surface area contributed by atoms with E-state index in [9.17, 15) is 23.5 Å². The fourth-order valence-electron chi connectivity index (χ4n) is 4.25. The van der Waals surface area contributed by atoms with Crippen LogP contribution in [0.1, 0.15) is 37.4 Å². The van der Waals surface area contributed by atoms with Crippen molar-refractivity contribution < 1.29 is 23.5 Å². The molecule has 0 heterocycles. The molecule has 4 aromatic rings. The lowest BCUT2D eigenvalue weighted by Crippen LogP contribution is -2.21. The maximum atomic E-state index is 13.8. The molecule has 4 N–H and O–H groups in total. The van der Waals surface area contributed by atoms with Crippen LogP contribution in [-0.2, 0) is 6.54 Å². The fourth-order valence-corrected chi connectivity index (χ4v) is 4.25. The van der Waals surface area contributed by atoms with Gasteiger partial charge in [-0.25, -0.2) is 13.6 Å². The van der Waals surface area contributed by atoms with E-state index in [-0.39, 0.29) is 23.5 Å². The van der Waals surface area contributed by atoms with Crippen LogP contribution in [0.4, 0.5) is 14.5 Å². The van der Waals surface area contributed by atoms with Gasteiger partial charge in [-0.1, -0.05) is 54.6 Å². The fraction of sp³-hybridized carbons (Fsp3) is 0.0667. The zero-order valence-corrected chi connectivity index (χ0v) is 20.9. The zero-order valence-electron chi connectivity index (χ0n) is 20.9. The normalized spacial score (nSPS) is 11.2. The number of nitrogens with zero attached hydrogens (tertiary/aromatic N) is 2. The number of carbonyl (C=O) groups excluding carboxylic acids is 1. The maximum Gasteiger partial charge on any atom is 0.337 e. The number of benzene rings is 4. The third-order valence-corrected chi connectivity index (χ3v) is 6.27. The van der Waals surface area contributed by atoms with Crippen molar-refractivity contribution in [1.29, 1.82) is 5.41 Å². The summed E-state index contributed by atoms with van der Waals surface area (Å²) >= 11 is 0. The van der Waals surface area contributed by atoms with Crippen molar-refractivity contribution >= 4 is 29.4 Å². The summed E-state index contributed by atoms with van der Waals surface area (Å²) in [5, 5.41) is 22.0. The topological polar surface area (TPSA) is 120 Å². The van der Waals surface area contributed by atoms with Crippen molar-refractivity contribution in [3.05, 3.63) is 124 Å². The largest absolute Gasteiger partial charge is 0.478 e. The first kappa shape index (κ1) is 26.9. The smallest absolute Gasteiger partial charge is 0.337 e. The molecule has 0 amide bonds. The van der Waals surface area contributed by atoms with E-state index < -0.39 is 17.6 Å². The van der Waals surface area contributed by atoms with Crippen LogP contribution < -0.4 is 10.7 Å². The van der Waals surface area contributed by atoms with Crippen LogP contribution in [0.25, 0.3) is 11.1 Å². The molecule has 9 heteroatoms. The Kier molecular flexibility index (Phi) is 7.90. The quantitative estimate of drug-likeness (QED) is 0.115. The van der Waals surface area contributed by atoms with Gasteiger partial charge in [0.25, 0.3) is 0 Å². The van der Waals surface area contributed by atoms with Crippen molar-refractivity contribution in [1.82, 2.24) is 0 Å². The molecule has 7 nitrogen and oxygen atoms in total. The Morgan fingerprint density at radius 1 is 0.949 bits per heavy atom. The molecule has 4 rings (SSSR count). The van der Waals surface area contributed by atoms with Gasteiger partial charge in [0.2, 0.25) is 0 Å². The number of aromatic carboxylic acids is 1. The second kappa shape index (κ2) is 11.5. The Labute approximate surface area is 223 Å². The minimum Gasteiger partial charge on any atom is -0.478 e. The Hall–Kier alpha value is -5.18. The monoisotopic (exact) mass is 526 g/mol. The van der Waals surface area contributed by atoms with Gasteiger partial charge in [0.05, 0.1) is 17.0 Å². The van der Waals surface area contributed by atoms with E-state index in [1.54, 1.807) is 60.5 Å². The number of hydrogen-bond donors (Lipinski definition) is 3. The highest BCUT2D eigenvalue weighted by Gasteiger charge is 2.19. The lowest BCUT2D eigenvalue weighted by Gasteiger charge is -2.23. The molecule has 0 fully saturated rings. The van der Waals surface area contributed by atoms with Crippen molar-refractivity contribution in [2.24, 2.45) is 10.9 Å². The van der Waals surface area contributed by atoms with E-state index in [0.29, 0.717) is 45.4 Å². The van der Waals surface area contributed by atoms with Gasteiger partial charge in [-0.3, -0.25) is 10.2 Å². The summed E-state index contributed by atoms with van der Waals surface area (Å²) in [5.41, 5.74) is 3.50. The van der Waals surface area contributed by atoms with Gasteiger partial charge in [-0.2, -0.15) is 5.10 Å². The predicted molar refractivity (Wildman–Crippen MR) is 147 cm³/mol. The molecule has 0 aliphatic rings. The second-order valence-electron chi connectivity index (χ2n) is 8.77. The van der Waals surface area contributed by atoms with Gasteiger partial charge in [0.15, 0.2) is 11.6 Å². The molecule has 0 saturated carbocycles. The highest BCUT2D eigenvalue weighted by molar-refractivity contribution is 6.52. The van der Waals surface area contributed by atoms with Gasteiger partial charge in [-0.05, 0) is 47.0 Å². The molecule has 0 saturated heterocycles. The first-order valence-electron chi connectivity index (χ1n) is 11.8. The number of anilines is 1. The molecule has 0 bridgehead atoms. The molecule has 0 aliphatic carbocycles. The van der Waals surface area contributed by atoms with Crippen molar-refractivity contribution in [2.45, 2.75) is 6.54 Å². The number of hydrogen-bond acceptors (Lipinski definition) is 6. The molecule has 4 aromatic carbocycles. The molecule has 0 atom stereocenters. The molecular weight excluding hydrogens is 502 g/mol. The third kappa shape index (κ3) is 5.72. The highest BCUT2D eigenvalue weighted by Crippen LogP contribution is 2.30. The number of carboxylic acid groups (broad SMARTS) is 1. The van der Waals surface area contributed by atoms with E-state index in [1.165, 1.54) is 18.2 Å². The summed E-state index contributed by atoms with van der Waals surface area (Å²) in [5.74, 6) is 2.45. The summed E-state index contributed by atoms with van der Waals surface area (Å²) in [6.45, 7) is 0.154. The van der Waals surface area contributed by atoms with Gasteiger partial charge in [0.1, 0.15) is 12.0 Å². The van der Waals surface area contributed by atoms with Gasteiger partial charge in [0, 0.05) is 30.3 Å². The van der Waals surface area contributed by atoms with E-state index in [2.05, 4.69) is 5.10 Å². The van der Waals surface area contributed by atoms with Gasteiger partial charge < -0.3 is 15.8 Å². The Morgan fingerprint density at radius 3 is 2.28 bits per heavy atom. The Bertz CT molecular complexity index is 1600. The van der Waals surface area contributed by atoms with Crippen molar-refractivity contribution in [3.8, 4) is 11.1 Å². The lowest BCUT2D eigenvalue weighted by molar-refractivity contribution is 0.0697. The minimum atomic E-state index is -1.16. The molecule has 0 aromatic heterocycles. The van der Waals surface area contributed by atoms with Crippen LogP contribution in [0.5, 0.6) is 0 Å². The standard InChI is InChI=1S/C30H24F2N4O3/c1-36(27-15-20(9-11-24(27)30(38)39)19-10-12-25(31)26(32)14-19)16-22-8-7-21(13-23(22)17-37)29(35-34)28(33)18-5-3-2-4-6-18/h2-15,17,33H,16,34H2,1H3,(H,38,39)/b33-28?,35-29-. The van der Waals surface area contributed by atoms with Crippen molar-refractivity contribution in [3.63, 3.8) is 0 Å². The van der Waals surface area contributed by atoms with Crippen molar-refractivity contribution in [2.75, 3.05) is 11.9 Å². The zero-order chi connectivity index (χ0) is 28.1. The molecule has 0 spiro atoms. The summed E-state index contributed by atoms with van der Waals surface area (Å²) in [6.07, 6.45) is 0.669. The highest BCUT2D eigenvalue weighted by atomic mass is 19.2. The van der Waals surface area contributed by atoms with Crippen LogP contribution in [-0.4, -0.2) is 35.8 Å². The third-order valence-electron chi connectivity index (χ3n) is 6.27. The number of carboxylic acids is 1. The average molecular weight is 527 g/mol. The van der Waals surface area contributed by atoms with Crippen LogP contribution >= 0.6 is 0 Å². The first-order valence-corrected chi connectivity index (χ1v) is 11.8. The first-order chi connectivity index (χ1) is 18.7. The number of rotatable bonds is 9. The van der Waals surface area contributed by atoms with E-state index in [1.807, 2.05) is 6.07 Å². The average Bonchev–Trinajstić information content (AvgIpc) is 2.95. The molecule has 0 unspecified atom stereocenters. The summed E-state index contributed by atoms with van der Waals surface area (Å²) in [6, 6.07) is 21.8. The van der Waals surface area contributed by atoms with E-state index in [4.69, 9.17) is 11.3 Å². The molecule has 196 valence electrons. The second-order valence-corrected chi connectivity index (χ2v) is 8.77.